The van der Waals surface area contributed by atoms with Crippen LogP contribution < -0.4 is 33.2 Å². The molecule has 3 rings (SSSR count). The number of amides is 4. The van der Waals surface area contributed by atoms with E-state index in [1.165, 1.54) is 0 Å². The molecule has 2 aromatic carbocycles. The SMILES string of the molecule is NCCCCC(NC(=O)C(Cc1ccccc1)NC(=O)C(CC(N)=O)NC(=O)C(N)Cc1c[nH]c2ccccc12)C(=O)O. The number of carboxylic acid groups (broad SMARTS) is 1. The van der Waals surface area contributed by atoms with Crippen LogP contribution in [-0.2, 0) is 36.8 Å². The molecule has 230 valence electrons. The second-order valence-electron chi connectivity index (χ2n) is 10.3. The zero-order valence-electron chi connectivity index (χ0n) is 23.8. The summed E-state index contributed by atoms with van der Waals surface area (Å²) in [5.41, 5.74) is 19.4. The van der Waals surface area contributed by atoms with Gasteiger partial charge in [0.05, 0.1) is 12.5 Å². The summed E-state index contributed by atoms with van der Waals surface area (Å²) in [6.07, 6.45) is 2.59. The van der Waals surface area contributed by atoms with E-state index in [2.05, 4.69) is 20.9 Å². The fourth-order valence-corrected chi connectivity index (χ4v) is 4.67. The minimum absolute atomic E-state index is 0.0187. The van der Waals surface area contributed by atoms with Crippen LogP contribution in [0.15, 0.2) is 60.8 Å². The van der Waals surface area contributed by atoms with Crippen molar-refractivity contribution < 1.29 is 29.1 Å². The van der Waals surface area contributed by atoms with Gasteiger partial charge >= 0.3 is 5.97 Å². The van der Waals surface area contributed by atoms with Crippen molar-refractivity contribution in [3.05, 3.63) is 71.9 Å². The van der Waals surface area contributed by atoms with E-state index in [0.29, 0.717) is 24.9 Å². The molecule has 4 unspecified atom stereocenters. The molecule has 0 radical (unpaired) electrons. The van der Waals surface area contributed by atoms with Gasteiger partial charge in [0, 0.05) is 23.5 Å². The lowest BCUT2D eigenvalue weighted by molar-refractivity contribution is -0.142. The summed E-state index contributed by atoms with van der Waals surface area (Å²) >= 11 is 0. The van der Waals surface area contributed by atoms with E-state index in [1.54, 1.807) is 36.5 Å². The number of para-hydroxylation sites is 1. The number of carboxylic acids is 1. The first kappa shape index (κ1) is 32.8. The first-order valence-electron chi connectivity index (χ1n) is 14.1. The van der Waals surface area contributed by atoms with E-state index in [1.807, 2.05) is 24.3 Å². The summed E-state index contributed by atoms with van der Waals surface area (Å²) in [6.45, 7) is 0.380. The van der Waals surface area contributed by atoms with Gasteiger partial charge in [-0.1, -0.05) is 48.5 Å². The highest BCUT2D eigenvalue weighted by Gasteiger charge is 2.31. The van der Waals surface area contributed by atoms with Crippen LogP contribution in [0.2, 0.25) is 0 Å². The summed E-state index contributed by atoms with van der Waals surface area (Å²) in [6, 6.07) is 11.4. The number of rotatable bonds is 17. The molecule has 0 saturated carbocycles. The number of fused-ring (bicyclic) bond motifs is 1. The fraction of sp³-hybridized carbons (Fsp3) is 0.367. The number of unbranched alkanes of at least 4 members (excludes halogenated alkanes) is 1. The van der Waals surface area contributed by atoms with Crippen molar-refractivity contribution in [3.8, 4) is 0 Å². The molecule has 11 N–H and O–H groups in total. The minimum Gasteiger partial charge on any atom is -0.480 e. The molecule has 3 aromatic rings. The van der Waals surface area contributed by atoms with Gasteiger partial charge in [-0.25, -0.2) is 4.79 Å². The molecule has 43 heavy (non-hydrogen) atoms. The van der Waals surface area contributed by atoms with Crippen LogP contribution in [0, 0.1) is 0 Å². The molecule has 0 aliphatic carbocycles. The highest BCUT2D eigenvalue weighted by molar-refractivity contribution is 5.96. The van der Waals surface area contributed by atoms with Gasteiger partial charge in [-0.05, 0) is 49.4 Å². The Balaban J connectivity index is 1.74. The minimum atomic E-state index is -1.43. The molecule has 0 spiro atoms. The Labute approximate surface area is 248 Å². The van der Waals surface area contributed by atoms with Crippen molar-refractivity contribution >= 4 is 40.5 Å². The van der Waals surface area contributed by atoms with Gasteiger partial charge in [0.25, 0.3) is 0 Å². The number of hydrogen-bond acceptors (Lipinski definition) is 7. The number of carbonyl (C=O) groups excluding carboxylic acids is 4. The number of aliphatic carboxylic acids is 1. The Morgan fingerprint density at radius 1 is 0.791 bits per heavy atom. The van der Waals surface area contributed by atoms with Gasteiger partial charge in [-0.3, -0.25) is 19.2 Å². The van der Waals surface area contributed by atoms with Crippen LogP contribution in [0.4, 0.5) is 0 Å². The van der Waals surface area contributed by atoms with Crippen LogP contribution in [0.1, 0.15) is 36.8 Å². The smallest absolute Gasteiger partial charge is 0.326 e. The molecule has 0 aliphatic heterocycles. The molecule has 0 aliphatic rings. The number of H-pyrrole nitrogens is 1. The van der Waals surface area contributed by atoms with Gasteiger partial charge in [0.15, 0.2) is 0 Å². The average molecular weight is 594 g/mol. The van der Waals surface area contributed by atoms with E-state index >= 15 is 0 Å². The largest absolute Gasteiger partial charge is 0.480 e. The third kappa shape index (κ3) is 9.94. The van der Waals surface area contributed by atoms with Gasteiger partial charge in [0.2, 0.25) is 23.6 Å². The lowest BCUT2D eigenvalue weighted by Crippen LogP contribution is -2.58. The molecule has 1 heterocycles. The van der Waals surface area contributed by atoms with Crippen molar-refractivity contribution in [2.45, 2.75) is 62.7 Å². The zero-order chi connectivity index (χ0) is 31.4. The fourth-order valence-electron chi connectivity index (χ4n) is 4.67. The van der Waals surface area contributed by atoms with E-state index < -0.39 is 60.2 Å². The van der Waals surface area contributed by atoms with Crippen molar-refractivity contribution in [2.75, 3.05) is 6.54 Å². The van der Waals surface area contributed by atoms with Gasteiger partial charge < -0.3 is 43.2 Å². The van der Waals surface area contributed by atoms with E-state index in [9.17, 15) is 29.1 Å². The summed E-state index contributed by atoms with van der Waals surface area (Å²) in [5, 5.41) is 18.0. The number of benzene rings is 2. The Hall–Kier alpha value is -4.75. The maximum Gasteiger partial charge on any atom is 0.326 e. The number of aromatic nitrogens is 1. The Morgan fingerprint density at radius 3 is 2.09 bits per heavy atom. The number of aromatic amines is 1. The van der Waals surface area contributed by atoms with E-state index in [0.717, 1.165) is 16.5 Å². The van der Waals surface area contributed by atoms with Crippen LogP contribution in [0.3, 0.4) is 0 Å². The van der Waals surface area contributed by atoms with Crippen LogP contribution in [-0.4, -0.2) is 70.4 Å². The van der Waals surface area contributed by atoms with Crippen LogP contribution in [0.5, 0.6) is 0 Å². The molecular weight excluding hydrogens is 554 g/mol. The van der Waals surface area contributed by atoms with E-state index in [-0.39, 0.29) is 19.3 Å². The predicted molar refractivity (Wildman–Crippen MR) is 160 cm³/mol. The summed E-state index contributed by atoms with van der Waals surface area (Å²) < 4.78 is 0. The van der Waals surface area contributed by atoms with Crippen molar-refractivity contribution in [3.63, 3.8) is 0 Å². The molecule has 4 amide bonds. The van der Waals surface area contributed by atoms with E-state index in [4.69, 9.17) is 17.2 Å². The Kier molecular flexibility index (Phi) is 12.2. The monoisotopic (exact) mass is 593 g/mol. The number of primary amides is 1. The lowest BCUT2D eigenvalue weighted by Gasteiger charge is -2.25. The zero-order valence-corrected chi connectivity index (χ0v) is 23.8. The van der Waals surface area contributed by atoms with Gasteiger partial charge in [-0.15, -0.1) is 0 Å². The third-order valence-corrected chi connectivity index (χ3v) is 6.97. The summed E-state index contributed by atoms with van der Waals surface area (Å²) in [7, 11) is 0. The predicted octanol–water partition coefficient (Wildman–Crippen LogP) is -0.176. The van der Waals surface area contributed by atoms with Crippen molar-refractivity contribution in [1.29, 1.82) is 0 Å². The second-order valence-corrected chi connectivity index (χ2v) is 10.3. The van der Waals surface area contributed by atoms with Gasteiger partial charge in [0.1, 0.15) is 18.1 Å². The summed E-state index contributed by atoms with van der Waals surface area (Å²) in [4.78, 5) is 66.4. The standard InChI is InChI=1S/C30H39N7O6/c31-13-7-6-12-23(30(42)43)35-28(40)24(14-18-8-2-1-3-9-18)37-29(41)25(16-26(33)38)36-27(39)21(32)15-19-17-34-22-11-5-4-10-20(19)22/h1-5,8-11,17,21,23-25,34H,6-7,12-16,31-32H2,(H2,33,38)(H,35,40)(H,36,39)(H,37,41)(H,42,43). The number of carbonyl (C=O) groups is 5. The highest BCUT2D eigenvalue weighted by Crippen LogP contribution is 2.19. The molecule has 1 aromatic heterocycles. The highest BCUT2D eigenvalue weighted by atomic mass is 16.4. The first-order chi connectivity index (χ1) is 20.6. The topological polar surface area (TPSA) is 236 Å². The normalized spacial score (nSPS) is 13.8. The Bertz CT molecular complexity index is 1410. The Morgan fingerprint density at radius 2 is 1.42 bits per heavy atom. The molecule has 0 saturated heterocycles. The van der Waals surface area contributed by atoms with Crippen molar-refractivity contribution in [1.82, 2.24) is 20.9 Å². The third-order valence-electron chi connectivity index (χ3n) is 6.97. The number of nitrogens with two attached hydrogens (primary N) is 3. The van der Waals surface area contributed by atoms with Crippen molar-refractivity contribution in [2.24, 2.45) is 17.2 Å². The molecule has 13 nitrogen and oxygen atoms in total. The van der Waals surface area contributed by atoms with Crippen LogP contribution >= 0.6 is 0 Å². The maximum atomic E-state index is 13.4. The molecule has 0 fully saturated rings. The van der Waals surface area contributed by atoms with Crippen LogP contribution in [0.25, 0.3) is 10.9 Å². The lowest BCUT2D eigenvalue weighted by atomic mass is 10.0. The number of nitrogens with one attached hydrogen (secondary N) is 4. The molecular formula is C30H39N7O6. The van der Waals surface area contributed by atoms with Gasteiger partial charge in [-0.2, -0.15) is 0 Å². The average Bonchev–Trinajstić information content (AvgIpc) is 3.38. The second kappa shape index (κ2) is 16.0. The first-order valence-corrected chi connectivity index (χ1v) is 14.1. The summed E-state index contributed by atoms with van der Waals surface area (Å²) in [5.74, 6) is -4.37. The maximum absolute atomic E-state index is 13.4. The molecule has 0 bridgehead atoms. The quantitative estimate of drug-likeness (QED) is 0.0975. The number of hydrogen-bond donors (Lipinski definition) is 8. The molecule has 13 heteroatoms. The molecule has 4 atom stereocenters.